The fourth-order valence-corrected chi connectivity index (χ4v) is 3.49. The number of carbonyl (C=O) groups excluding carboxylic acids is 1. The maximum atomic E-state index is 12.4. The van der Waals surface area contributed by atoms with Crippen LogP contribution in [0.25, 0.3) is 0 Å². The first-order valence-electron chi connectivity index (χ1n) is 9.70. The summed E-state index contributed by atoms with van der Waals surface area (Å²) < 4.78 is 0. The zero-order chi connectivity index (χ0) is 18.1. The smallest absolute Gasteiger partial charge is 0.236 e. The Hall–Kier alpha value is -0.950. The molecule has 2 fully saturated rings. The SMILES string of the molecule is CCNC(=NCC(C)SC)N1CCN(CC(=O)N2CCCCC2)CC1. The first-order chi connectivity index (χ1) is 12.1. The third kappa shape index (κ3) is 6.70. The van der Waals surface area contributed by atoms with E-state index >= 15 is 0 Å². The van der Waals surface area contributed by atoms with Crippen molar-refractivity contribution >= 4 is 23.6 Å². The van der Waals surface area contributed by atoms with Crippen molar-refractivity contribution in [1.82, 2.24) is 20.0 Å². The number of nitrogens with zero attached hydrogens (tertiary/aromatic N) is 4. The molecule has 1 atom stereocenters. The maximum Gasteiger partial charge on any atom is 0.236 e. The second-order valence-corrected chi connectivity index (χ2v) is 8.22. The third-order valence-corrected chi connectivity index (χ3v) is 5.93. The number of piperidine rings is 1. The van der Waals surface area contributed by atoms with Gasteiger partial charge in [-0.15, -0.1) is 0 Å². The summed E-state index contributed by atoms with van der Waals surface area (Å²) in [5, 5.41) is 3.95. The molecule has 0 spiro atoms. The molecule has 2 aliphatic rings. The molecule has 2 saturated heterocycles. The fraction of sp³-hybridized carbons (Fsp3) is 0.889. The number of rotatable bonds is 6. The van der Waals surface area contributed by atoms with E-state index < -0.39 is 0 Å². The van der Waals surface area contributed by atoms with Crippen molar-refractivity contribution in [2.75, 3.05) is 65.2 Å². The van der Waals surface area contributed by atoms with E-state index in [2.05, 4.69) is 35.2 Å². The van der Waals surface area contributed by atoms with Crippen LogP contribution >= 0.6 is 11.8 Å². The number of aliphatic imine (C=N–C) groups is 1. The molecule has 144 valence electrons. The predicted molar refractivity (Wildman–Crippen MR) is 107 cm³/mol. The Labute approximate surface area is 157 Å². The number of nitrogens with one attached hydrogen (secondary N) is 1. The number of hydrogen-bond acceptors (Lipinski definition) is 4. The summed E-state index contributed by atoms with van der Waals surface area (Å²) in [6.07, 6.45) is 5.72. The van der Waals surface area contributed by atoms with E-state index in [-0.39, 0.29) is 0 Å². The second-order valence-electron chi connectivity index (χ2n) is 6.95. The van der Waals surface area contributed by atoms with Gasteiger partial charge in [0.05, 0.1) is 13.1 Å². The summed E-state index contributed by atoms with van der Waals surface area (Å²) in [5.74, 6) is 1.33. The van der Waals surface area contributed by atoms with Gasteiger partial charge in [-0.05, 0) is 32.4 Å². The van der Waals surface area contributed by atoms with Crippen LogP contribution in [0.3, 0.4) is 0 Å². The van der Waals surface area contributed by atoms with E-state index in [0.717, 1.165) is 71.2 Å². The molecule has 25 heavy (non-hydrogen) atoms. The Morgan fingerprint density at radius 2 is 1.76 bits per heavy atom. The average Bonchev–Trinajstić information content (AvgIpc) is 2.66. The molecule has 7 heteroatoms. The highest BCUT2D eigenvalue weighted by molar-refractivity contribution is 7.99. The van der Waals surface area contributed by atoms with Gasteiger partial charge in [-0.1, -0.05) is 6.92 Å². The quantitative estimate of drug-likeness (QED) is 0.565. The highest BCUT2D eigenvalue weighted by Crippen LogP contribution is 2.11. The van der Waals surface area contributed by atoms with Crippen LogP contribution in [-0.4, -0.2) is 97.0 Å². The van der Waals surface area contributed by atoms with Gasteiger partial charge in [-0.3, -0.25) is 14.7 Å². The fourth-order valence-electron chi connectivity index (χ4n) is 3.27. The molecule has 1 amide bonds. The summed E-state index contributed by atoms with van der Waals surface area (Å²) in [5.41, 5.74) is 0. The number of piperazine rings is 1. The number of hydrogen-bond donors (Lipinski definition) is 1. The summed E-state index contributed by atoms with van der Waals surface area (Å²) in [6, 6.07) is 0. The molecule has 2 rings (SSSR count). The van der Waals surface area contributed by atoms with Gasteiger partial charge in [-0.2, -0.15) is 11.8 Å². The van der Waals surface area contributed by atoms with Crippen LogP contribution in [0.1, 0.15) is 33.1 Å². The highest BCUT2D eigenvalue weighted by atomic mass is 32.2. The molecule has 6 nitrogen and oxygen atoms in total. The highest BCUT2D eigenvalue weighted by Gasteiger charge is 2.24. The Morgan fingerprint density at radius 1 is 1.08 bits per heavy atom. The van der Waals surface area contributed by atoms with E-state index in [1.165, 1.54) is 6.42 Å². The van der Waals surface area contributed by atoms with Gasteiger partial charge in [-0.25, -0.2) is 0 Å². The first-order valence-corrected chi connectivity index (χ1v) is 11.0. The molecule has 1 unspecified atom stereocenters. The monoisotopic (exact) mass is 369 g/mol. The van der Waals surface area contributed by atoms with Gasteiger partial charge < -0.3 is 15.1 Å². The predicted octanol–water partition coefficient (Wildman–Crippen LogP) is 1.33. The van der Waals surface area contributed by atoms with E-state index in [1.54, 1.807) is 0 Å². The first kappa shape index (κ1) is 20.4. The number of carbonyl (C=O) groups is 1. The van der Waals surface area contributed by atoms with Crippen LogP contribution < -0.4 is 5.32 Å². The molecule has 2 aliphatic heterocycles. The molecule has 0 bridgehead atoms. The number of amides is 1. The molecule has 2 heterocycles. The van der Waals surface area contributed by atoms with Gasteiger partial charge in [0.1, 0.15) is 0 Å². The van der Waals surface area contributed by atoms with E-state index in [1.807, 2.05) is 16.7 Å². The minimum atomic E-state index is 0.308. The molecule has 1 N–H and O–H groups in total. The van der Waals surface area contributed by atoms with Crippen LogP contribution in [0.2, 0.25) is 0 Å². The molecule has 0 aliphatic carbocycles. The molecule has 0 aromatic heterocycles. The van der Waals surface area contributed by atoms with Gasteiger partial charge in [0.2, 0.25) is 5.91 Å². The van der Waals surface area contributed by atoms with Gasteiger partial charge >= 0.3 is 0 Å². The van der Waals surface area contributed by atoms with Crippen molar-refractivity contribution < 1.29 is 4.79 Å². The number of guanidine groups is 1. The zero-order valence-corrected chi connectivity index (χ0v) is 17.0. The van der Waals surface area contributed by atoms with Crippen molar-refractivity contribution in [1.29, 1.82) is 0 Å². The van der Waals surface area contributed by atoms with Crippen LogP contribution in [0, 0.1) is 0 Å². The lowest BCUT2D eigenvalue weighted by Gasteiger charge is -2.37. The molecule has 0 saturated carbocycles. The Kier molecular flexibility index (Phi) is 8.89. The topological polar surface area (TPSA) is 51.2 Å². The lowest BCUT2D eigenvalue weighted by molar-refractivity contribution is -0.133. The van der Waals surface area contributed by atoms with E-state index in [4.69, 9.17) is 4.99 Å². The number of thioether (sulfide) groups is 1. The zero-order valence-electron chi connectivity index (χ0n) is 16.2. The summed E-state index contributed by atoms with van der Waals surface area (Å²) in [4.78, 5) is 23.9. The molecule has 0 aromatic carbocycles. The molecule has 0 radical (unpaired) electrons. The summed E-state index contributed by atoms with van der Waals surface area (Å²) in [7, 11) is 0. The molecular weight excluding hydrogens is 334 g/mol. The Balaban J connectivity index is 1.79. The third-order valence-electron chi connectivity index (χ3n) is 4.97. The van der Waals surface area contributed by atoms with Gasteiger partial charge in [0, 0.05) is 51.1 Å². The van der Waals surface area contributed by atoms with Crippen molar-refractivity contribution in [3.05, 3.63) is 0 Å². The van der Waals surface area contributed by atoms with Gasteiger partial charge in [0.15, 0.2) is 5.96 Å². The minimum absolute atomic E-state index is 0.308. The lowest BCUT2D eigenvalue weighted by atomic mass is 10.1. The van der Waals surface area contributed by atoms with Gasteiger partial charge in [0.25, 0.3) is 0 Å². The van der Waals surface area contributed by atoms with Crippen LogP contribution in [-0.2, 0) is 4.79 Å². The van der Waals surface area contributed by atoms with Crippen molar-refractivity contribution in [2.24, 2.45) is 4.99 Å². The van der Waals surface area contributed by atoms with E-state index in [9.17, 15) is 4.79 Å². The van der Waals surface area contributed by atoms with E-state index in [0.29, 0.717) is 17.7 Å². The van der Waals surface area contributed by atoms with Crippen LogP contribution in [0.15, 0.2) is 4.99 Å². The normalized spacial score (nSPS) is 21.3. The largest absolute Gasteiger partial charge is 0.357 e. The summed E-state index contributed by atoms with van der Waals surface area (Å²) >= 11 is 1.85. The van der Waals surface area contributed by atoms with Crippen LogP contribution in [0.5, 0.6) is 0 Å². The number of likely N-dealkylation sites (tertiary alicyclic amines) is 1. The second kappa shape index (κ2) is 10.9. The van der Waals surface area contributed by atoms with Crippen molar-refractivity contribution in [2.45, 2.75) is 38.4 Å². The average molecular weight is 370 g/mol. The lowest BCUT2D eigenvalue weighted by Crippen LogP contribution is -2.54. The molecule has 0 aromatic rings. The summed E-state index contributed by atoms with van der Waals surface area (Å²) in [6.45, 7) is 12.3. The standard InChI is InChI=1S/C18H35N5OS/c1-4-19-18(20-14-16(2)25-3)23-12-10-21(11-13-23)15-17(24)22-8-6-5-7-9-22/h16H,4-15H2,1-3H3,(H,19,20). The Bertz CT molecular complexity index is 431. The van der Waals surface area contributed by atoms with Crippen molar-refractivity contribution in [3.63, 3.8) is 0 Å². The maximum absolute atomic E-state index is 12.4. The molecular formula is C18H35N5OS. The van der Waals surface area contributed by atoms with Crippen LogP contribution in [0.4, 0.5) is 0 Å². The minimum Gasteiger partial charge on any atom is -0.357 e. The Morgan fingerprint density at radius 3 is 2.36 bits per heavy atom. The van der Waals surface area contributed by atoms with Crippen molar-refractivity contribution in [3.8, 4) is 0 Å².